The van der Waals surface area contributed by atoms with Gasteiger partial charge in [0.2, 0.25) is 0 Å². The first-order valence-corrected chi connectivity index (χ1v) is 7.07. The molecule has 0 radical (unpaired) electrons. The average Bonchev–Trinajstić information content (AvgIpc) is 2.39. The molecule has 19 heavy (non-hydrogen) atoms. The van der Waals surface area contributed by atoms with E-state index in [9.17, 15) is 14.9 Å². The number of halogens is 1. The topological polar surface area (TPSA) is 69.4 Å². The van der Waals surface area contributed by atoms with Gasteiger partial charge in [0, 0.05) is 23.6 Å². The highest BCUT2D eigenvalue weighted by molar-refractivity contribution is 7.98. The number of carbonyl (C=O) groups excluding carboxylic acids is 1. The summed E-state index contributed by atoms with van der Waals surface area (Å²) in [5.41, 5.74) is 0.788. The first kappa shape index (κ1) is 15.8. The van der Waals surface area contributed by atoms with Crippen LogP contribution in [0.15, 0.2) is 18.2 Å². The number of rotatable bonds is 6. The minimum atomic E-state index is -0.484. The smallest absolute Gasteiger partial charge is 0.309 e. The molecule has 0 amide bonds. The van der Waals surface area contributed by atoms with Crippen LogP contribution in [-0.2, 0) is 15.3 Å². The SMILES string of the molecule is COC(=O)C(C)CSCc1ccc([N+](=O)[O-])cc1Cl. The van der Waals surface area contributed by atoms with E-state index in [0.717, 1.165) is 5.56 Å². The van der Waals surface area contributed by atoms with Crippen molar-refractivity contribution < 1.29 is 14.5 Å². The Morgan fingerprint density at radius 2 is 2.26 bits per heavy atom. The molecule has 0 N–H and O–H groups in total. The predicted octanol–water partition coefficient (Wildman–Crippen LogP) is 3.29. The summed E-state index contributed by atoms with van der Waals surface area (Å²) in [7, 11) is 1.36. The maximum absolute atomic E-state index is 11.2. The normalized spacial score (nSPS) is 11.9. The minimum Gasteiger partial charge on any atom is -0.469 e. The van der Waals surface area contributed by atoms with Gasteiger partial charge in [-0.2, -0.15) is 11.8 Å². The van der Waals surface area contributed by atoms with E-state index in [-0.39, 0.29) is 17.6 Å². The third kappa shape index (κ3) is 4.72. The molecule has 0 aliphatic rings. The summed E-state index contributed by atoms with van der Waals surface area (Å²) in [6, 6.07) is 4.39. The molecule has 1 aromatic rings. The van der Waals surface area contributed by atoms with Crippen molar-refractivity contribution in [2.45, 2.75) is 12.7 Å². The van der Waals surface area contributed by atoms with Gasteiger partial charge in [0.1, 0.15) is 0 Å². The summed E-state index contributed by atoms with van der Waals surface area (Å²) < 4.78 is 4.63. The Morgan fingerprint density at radius 3 is 2.79 bits per heavy atom. The molecule has 7 heteroatoms. The van der Waals surface area contributed by atoms with Crippen molar-refractivity contribution in [3.05, 3.63) is 38.9 Å². The quantitative estimate of drug-likeness (QED) is 0.458. The molecule has 0 heterocycles. The Hall–Kier alpha value is -1.27. The van der Waals surface area contributed by atoms with Crippen LogP contribution in [0.2, 0.25) is 5.02 Å². The molecular formula is C12H14ClNO4S. The fraction of sp³-hybridized carbons (Fsp3) is 0.417. The molecule has 0 bridgehead atoms. The molecule has 0 aromatic heterocycles. The Kier molecular flexibility index (Phi) is 6.11. The van der Waals surface area contributed by atoms with E-state index in [4.69, 9.17) is 11.6 Å². The summed E-state index contributed by atoms with van der Waals surface area (Å²) in [5, 5.41) is 10.9. The second-order valence-corrected chi connectivity index (χ2v) is 5.41. The number of non-ortho nitro benzene ring substituents is 1. The molecule has 104 valence electrons. The highest BCUT2D eigenvalue weighted by Gasteiger charge is 2.14. The first-order valence-electron chi connectivity index (χ1n) is 5.54. The molecule has 0 fully saturated rings. The third-order valence-corrected chi connectivity index (χ3v) is 4.08. The number of nitrogens with zero attached hydrogens (tertiary/aromatic N) is 1. The number of nitro benzene ring substituents is 1. The van der Waals surface area contributed by atoms with Crippen molar-refractivity contribution in [2.24, 2.45) is 5.92 Å². The third-order valence-electron chi connectivity index (χ3n) is 2.48. The van der Waals surface area contributed by atoms with Gasteiger partial charge in [0.15, 0.2) is 0 Å². The first-order chi connectivity index (χ1) is 8.95. The number of carbonyl (C=O) groups is 1. The lowest BCUT2D eigenvalue weighted by molar-refractivity contribution is -0.384. The lowest BCUT2D eigenvalue weighted by atomic mass is 10.2. The van der Waals surface area contributed by atoms with Crippen molar-refractivity contribution in [3.8, 4) is 0 Å². The van der Waals surface area contributed by atoms with E-state index in [1.807, 2.05) is 0 Å². The summed E-state index contributed by atoms with van der Waals surface area (Å²) in [6.45, 7) is 1.79. The van der Waals surface area contributed by atoms with Crippen molar-refractivity contribution in [2.75, 3.05) is 12.9 Å². The number of nitro groups is 1. The van der Waals surface area contributed by atoms with Gasteiger partial charge in [-0.3, -0.25) is 14.9 Å². The molecule has 1 atom stereocenters. The van der Waals surface area contributed by atoms with Crippen LogP contribution in [-0.4, -0.2) is 23.8 Å². The van der Waals surface area contributed by atoms with Crippen molar-refractivity contribution in [1.29, 1.82) is 0 Å². The molecule has 0 spiro atoms. The maximum atomic E-state index is 11.2. The van der Waals surface area contributed by atoms with Gasteiger partial charge in [-0.1, -0.05) is 18.5 Å². The largest absolute Gasteiger partial charge is 0.469 e. The Morgan fingerprint density at radius 1 is 1.58 bits per heavy atom. The Bertz CT molecular complexity index is 481. The number of benzene rings is 1. The zero-order valence-corrected chi connectivity index (χ0v) is 12.2. The average molecular weight is 304 g/mol. The van der Waals surface area contributed by atoms with E-state index in [0.29, 0.717) is 16.5 Å². The summed E-state index contributed by atoms with van der Waals surface area (Å²) in [5.74, 6) is 0.770. The Labute approximate surface area is 120 Å². The van der Waals surface area contributed by atoms with Gasteiger partial charge in [-0.05, 0) is 11.6 Å². The van der Waals surface area contributed by atoms with E-state index in [1.165, 1.54) is 31.0 Å². The monoisotopic (exact) mass is 303 g/mol. The molecule has 1 rings (SSSR count). The number of esters is 1. The van der Waals surface area contributed by atoms with Gasteiger partial charge in [-0.25, -0.2) is 0 Å². The lowest BCUT2D eigenvalue weighted by Crippen LogP contribution is -2.14. The van der Waals surface area contributed by atoms with Gasteiger partial charge >= 0.3 is 5.97 Å². The van der Waals surface area contributed by atoms with Gasteiger partial charge < -0.3 is 4.74 Å². The summed E-state index contributed by atoms with van der Waals surface area (Å²) >= 11 is 7.50. The van der Waals surface area contributed by atoms with Crippen LogP contribution in [0.25, 0.3) is 0 Å². The van der Waals surface area contributed by atoms with Crippen molar-refractivity contribution >= 4 is 35.0 Å². The molecular weight excluding hydrogens is 290 g/mol. The molecule has 1 aromatic carbocycles. The lowest BCUT2D eigenvalue weighted by Gasteiger charge is -2.09. The molecule has 0 saturated carbocycles. The van der Waals surface area contributed by atoms with Crippen LogP contribution >= 0.6 is 23.4 Å². The number of methoxy groups -OCH3 is 1. The van der Waals surface area contributed by atoms with Gasteiger partial charge in [0.05, 0.1) is 23.0 Å². The highest BCUT2D eigenvalue weighted by Crippen LogP contribution is 2.26. The van der Waals surface area contributed by atoms with Crippen LogP contribution in [0.5, 0.6) is 0 Å². The van der Waals surface area contributed by atoms with Crippen LogP contribution < -0.4 is 0 Å². The second kappa shape index (κ2) is 7.35. The standard InChI is InChI=1S/C12H14ClNO4S/c1-8(12(15)18-2)6-19-7-9-3-4-10(14(16)17)5-11(9)13/h3-5,8H,6-7H2,1-2H3. The van der Waals surface area contributed by atoms with Crippen LogP contribution in [0.4, 0.5) is 5.69 Å². The zero-order chi connectivity index (χ0) is 14.4. The van der Waals surface area contributed by atoms with E-state index in [2.05, 4.69) is 4.74 Å². The van der Waals surface area contributed by atoms with Crippen LogP contribution in [0.3, 0.4) is 0 Å². The number of hydrogen-bond acceptors (Lipinski definition) is 5. The van der Waals surface area contributed by atoms with Gasteiger partial charge in [-0.15, -0.1) is 0 Å². The summed E-state index contributed by atoms with van der Waals surface area (Å²) in [4.78, 5) is 21.3. The zero-order valence-electron chi connectivity index (χ0n) is 10.6. The highest BCUT2D eigenvalue weighted by atomic mass is 35.5. The number of ether oxygens (including phenoxy) is 1. The number of hydrogen-bond donors (Lipinski definition) is 0. The molecule has 0 aliphatic carbocycles. The fourth-order valence-electron chi connectivity index (χ4n) is 1.38. The minimum absolute atomic E-state index is 0.0262. The van der Waals surface area contributed by atoms with E-state index < -0.39 is 4.92 Å². The molecule has 1 unspecified atom stereocenters. The summed E-state index contributed by atoms with van der Waals surface area (Å²) in [6.07, 6.45) is 0. The second-order valence-electron chi connectivity index (χ2n) is 3.97. The number of thioether (sulfide) groups is 1. The predicted molar refractivity (Wildman–Crippen MR) is 75.4 cm³/mol. The molecule has 5 nitrogen and oxygen atoms in total. The van der Waals surface area contributed by atoms with E-state index >= 15 is 0 Å². The van der Waals surface area contributed by atoms with E-state index in [1.54, 1.807) is 13.0 Å². The van der Waals surface area contributed by atoms with Crippen LogP contribution in [0.1, 0.15) is 12.5 Å². The molecule has 0 saturated heterocycles. The molecule has 0 aliphatic heterocycles. The van der Waals surface area contributed by atoms with Crippen molar-refractivity contribution in [1.82, 2.24) is 0 Å². The maximum Gasteiger partial charge on any atom is 0.309 e. The van der Waals surface area contributed by atoms with Crippen molar-refractivity contribution in [3.63, 3.8) is 0 Å². The Balaban J connectivity index is 2.54. The van der Waals surface area contributed by atoms with Gasteiger partial charge in [0.25, 0.3) is 5.69 Å². The fourth-order valence-corrected chi connectivity index (χ4v) is 2.78. The van der Waals surface area contributed by atoms with Crippen LogP contribution in [0, 0.1) is 16.0 Å².